The van der Waals surface area contributed by atoms with Crippen molar-refractivity contribution in [2.45, 2.75) is 10.9 Å². The molecular formula is C14H16F2N4O2S. The van der Waals surface area contributed by atoms with Crippen LogP contribution in [0.1, 0.15) is 11.9 Å². The van der Waals surface area contributed by atoms with Crippen molar-refractivity contribution in [1.82, 2.24) is 19.2 Å². The second-order valence-electron chi connectivity index (χ2n) is 5.28. The number of imidazole rings is 1. The third kappa shape index (κ3) is 2.75. The highest BCUT2D eigenvalue weighted by Gasteiger charge is 2.38. The molecule has 6 nitrogen and oxygen atoms in total. The van der Waals surface area contributed by atoms with Gasteiger partial charge in [-0.3, -0.25) is 0 Å². The first-order chi connectivity index (χ1) is 10.9. The number of hydrogen-bond acceptors (Lipinski definition) is 4. The Hall–Kier alpha value is -1.84. The summed E-state index contributed by atoms with van der Waals surface area (Å²) in [5.74, 6) is -2.00. The topological polar surface area (TPSA) is 67.2 Å². The van der Waals surface area contributed by atoms with E-state index < -0.39 is 32.6 Å². The summed E-state index contributed by atoms with van der Waals surface area (Å²) in [6.07, 6.45) is 3.27. The van der Waals surface area contributed by atoms with Crippen LogP contribution in [-0.4, -0.2) is 41.9 Å². The second kappa shape index (κ2) is 5.99. The molecule has 124 valence electrons. The number of nitrogens with one attached hydrogen (secondary N) is 1. The van der Waals surface area contributed by atoms with Crippen molar-refractivity contribution in [2.24, 2.45) is 7.05 Å². The van der Waals surface area contributed by atoms with Gasteiger partial charge in [0.25, 0.3) is 0 Å². The van der Waals surface area contributed by atoms with E-state index in [9.17, 15) is 17.2 Å². The minimum atomic E-state index is -4.18. The van der Waals surface area contributed by atoms with E-state index in [1.54, 1.807) is 24.0 Å². The summed E-state index contributed by atoms with van der Waals surface area (Å²) in [6.45, 7) is 0.925. The van der Waals surface area contributed by atoms with Gasteiger partial charge in [0.05, 0.1) is 6.04 Å². The fraction of sp³-hybridized carbons (Fsp3) is 0.357. The van der Waals surface area contributed by atoms with Crippen molar-refractivity contribution in [3.05, 3.63) is 48.1 Å². The van der Waals surface area contributed by atoms with Gasteiger partial charge in [-0.15, -0.1) is 0 Å². The summed E-state index contributed by atoms with van der Waals surface area (Å²) in [7, 11) is -2.43. The van der Waals surface area contributed by atoms with Crippen LogP contribution in [0.25, 0.3) is 0 Å². The van der Waals surface area contributed by atoms with E-state index in [-0.39, 0.29) is 6.54 Å². The molecule has 1 saturated heterocycles. The van der Waals surface area contributed by atoms with Gasteiger partial charge in [0, 0.05) is 39.1 Å². The lowest BCUT2D eigenvalue weighted by Gasteiger charge is -2.34. The molecule has 9 heteroatoms. The van der Waals surface area contributed by atoms with Crippen molar-refractivity contribution >= 4 is 10.0 Å². The molecule has 0 amide bonds. The van der Waals surface area contributed by atoms with Gasteiger partial charge in [-0.25, -0.2) is 22.2 Å². The van der Waals surface area contributed by atoms with Crippen LogP contribution in [0.4, 0.5) is 8.78 Å². The fourth-order valence-corrected chi connectivity index (χ4v) is 4.36. The smallest absolute Gasteiger partial charge is 0.246 e. The molecule has 1 aromatic carbocycles. The quantitative estimate of drug-likeness (QED) is 0.905. The molecule has 3 rings (SSSR count). The molecule has 0 aliphatic carbocycles. The number of hydrogen-bond donors (Lipinski definition) is 1. The Morgan fingerprint density at radius 1 is 1.35 bits per heavy atom. The van der Waals surface area contributed by atoms with Crippen LogP contribution in [0.15, 0.2) is 35.5 Å². The molecule has 23 heavy (non-hydrogen) atoms. The molecule has 0 bridgehead atoms. The van der Waals surface area contributed by atoms with Gasteiger partial charge in [-0.2, -0.15) is 4.31 Å². The molecule has 1 N–H and O–H groups in total. The van der Waals surface area contributed by atoms with E-state index in [1.165, 1.54) is 10.4 Å². The molecule has 0 radical (unpaired) electrons. The normalized spacial score (nSPS) is 19.9. The van der Waals surface area contributed by atoms with E-state index in [2.05, 4.69) is 10.3 Å². The lowest BCUT2D eigenvalue weighted by molar-refractivity contribution is 0.257. The van der Waals surface area contributed by atoms with Crippen LogP contribution in [0.3, 0.4) is 0 Å². The summed E-state index contributed by atoms with van der Waals surface area (Å²) in [6, 6.07) is 2.56. The van der Waals surface area contributed by atoms with Crippen molar-refractivity contribution in [2.75, 3.05) is 19.6 Å². The maximum absolute atomic E-state index is 14.0. The van der Waals surface area contributed by atoms with Crippen molar-refractivity contribution < 1.29 is 17.2 Å². The molecule has 1 aliphatic heterocycles. The highest BCUT2D eigenvalue weighted by atomic mass is 32.2. The van der Waals surface area contributed by atoms with Crippen LogP contribution in [0.2, 0.25) is 0 Å². The molecular weight excluding hydrogens is 326 g/mol. The van der Waals surface area contributed by atoms with Gasteiger partial charge < -0.3 is 9.88 Å². The van der Waals surface area contributed by atoms with E-state index in [1.807, 2.05) is 0 Å². The largest absolute Gasteiger partial charge is 0.337 e. The zero-order chi connectivity index (χ0) is 16.6. The predicted molar refractivity (Wildman–Crippen MR) is 79.1 cm³/mol. The highest BCUT2D eigenvalue weighted by molar-refractivity contribution is 7.89. The predicted octanol–water partition coefficient (Wildman–Crippen LogP) is 1.03. The Morgan fingerprint density at radius 2 is 2.13 bits per heavy atom. The SMILES string of the molecule is Cn1ccnc1C1CNCCN1S(=O)(=O)c1cccc(F)c1F. The lowest BCUT2D eigenvalue weighted by atomic mass is 10.2. The lowest BCUT2D eigenvalue weighted by Crippen LogP contribution is -2.49. The third-order valence-corrected chi connectivity index (χ3v) is 5.78. The van der Waals surface area contributed by atoms with Crippen LogP contribution in [-0.2, 0) is 17.1 Å². The Labute approximate surface area is 132 Å². The molecule has 0 spiro atoms. The van der Waals surface area contributed by atoms with Crippen molar-refractivity contribution in [3.63, 3.8) is 0 Å². The van der Waals surface area contributed by atoms with E-state index in [4.69, 9.17) is 0 Å². The first-order valence-electron chi connectivity index (χ1n) is 7.06. The minimum Gasteiger partial charge on any atom is -0.337 e. The molecule has 2 aromatic rings. The van der Waals surface area contributed by atoms with E-state index in [0.717, 1.165) is 12.1 Å². The summed E-state index contributed by atoms with van der Waals surface area (Å²) >= 11 is 0. The van der Waals surface area contributed by atoms with Gasteiger partial charge >= 0.3 is 0 Å². The molecule has 1 atom stereocenters. The Balaban J connectivity index is 2.06. The molecule has 2 heterocycles. The summed E-state index contributed by atoms with van der Waals surface area (Å²) < 4.78 is 56.0. The molecule has 1 aliphatic rings. The zero-order valence-corrected chi connectivity index (χ0v) is 13.2. The molecule has 1 fully saturated rings. The monoisotopic (exact) mass is 342 g/mol. The van der Waals surface area contributed by atoms with E-state index in [0.29, 0.717) is 18.9 Å². The summed E-state index contributed by atoms with van der Waals surface area (Å²) in [5.41, 5.74) is 0. The van der Waals surface area contributed by atoms with Gasteiger partial charge in [0.2, 0.25) is 10.0 Å². The Morgan fingerprint density at radius 3 is 2.83 bits per heavy atom. The van der Waals surface area contributed by atoms with Gasteiger partial charge in [0.1, 0.15) is 10.7 Å². The Bertz CT molecular complexity index is 822. The van der Waals surface area contributed by atoms with E-state index >= 15 is 0 Å². The van der Waals surface area contributed by atoms with Crippen LogP contribution in [0, 0.1) is 11.6 Å². The van der Waals surface area contributed by atoms with Crippen molar-refractivity contribution in [3.8, 4) is 0 Å². The number of rotatable bonds is 3. The first kappa shape index (κ1) is 16.0. The number of aromatic nitrogens is 2. The summed E-state index contributed by atoms with van der Waals surface area (Å²) in [4.78, 5) is 3.53. The third-order valence-electron chi connectivity index (χ3n) is 3.85. The molecule has 1 aromatic heterocycles. The second-order valence-corrected chi connectivity index (χ2v) is 7.14. The van der Waals surface area contributed by atoms with Gasteiger partial charge in [-0.1, -0.05) is 6.07 Å². The maximum atomic E-state index is 14.0. The van der Waals surface area contributed by atoms with Gasteiger partial charge in [-0.05, 0) is 12.1 Å². The van der Waals surface area contributed by atoms with Crippen molar-refractivity contribution in [1.29, 1.82) is 0 Å². The van der Waals surface area contributed by atoms with Crippen LogP contribution >= 0.6 is 0 Å². The number of halogens is 2. The average molecular weight is 342 g/mol. The van der Waals surface area contributed by atoms with Crippen LogP contribution in [0.5, 0.6) is 0 Å². The summed E-state index contributed by atoms with van der Waals surface area (Å²) in [5, 5.41) is 3.10. The first-order valence-corrected chi connectivity index (χ1v) is 8.50. The number of aryl methyl sites for hydroxylation is 1. The highest BCUT2D eigenvalue weighted by Crippen LogP contribution is 2.29. The van der Waals surface area contributed by atoms with Gasteiger partial charge in [0.15, 0.2) is 11.6 Å². The minimum absolute atomic E-state index is 0.149. The fourth-order valence-electron chi connectivity index (χ4n) is 2.70. The molecule has 1 unspecified atom stereocenters. The van der Waals surface area contributed by atoms with Crippen LogP contribution < -0.4 is 5.32 Å². The zero-order valence-electron chi connectivity index (χ0n) is 12.4. The number of nitrogens with zero attached hydrogens (tertiary/aromatic N) is 3. The molecule has 0 saturated carbocycles. The Kier molecular flexibility index (Phi) is 4.17. The maximum Gasteiger partial charge on any atom is 0.246 e. The number of benzene rings is 1. The standard InChI is InChI=1S/C14H16F2N4O2S/c1-19-7-6-18-14(19)11-9-17-5-8-20(11)23(21,22)12-4-2-3-10(15)13(12)16/h2-4,6-7,11,17H,5,8-9H2,1H3. The number of sulfonamides is 1. The number of piperazine rings is 1. The average Bonchev–Trinajstić information content (AvgIpc) is 2.96.